The molecule has 0 aromatic heterocycles. The van der Waals surface area contributed by atoms with Gasteiger partial charge in [-0.25, -0.2) is 14.8 Å². The molecule has 2 aliphatic heterocycles. The number of rotatable bonds is 1. The van der Waals surface area contributed by atoms with Crippen molar-refractivity contribution in [2.75, 3.05) is 13.1 Å². The number of carbonyl (C=O) groups excluding carboxylic acids is 3. The van der Waals surface area contributed by atoms with Gasteiger partial charge in [0.1, 0.15) is 12.1 Å². The van der Waals surface area contributed by atoms with Gasteiger partial charge in [-0.2, -0.15) is 0 Å². The monoisotopic (exact) mass is 240 g/mol. The Morgan fingerprint density at radius 2 is 2.18 bits per heavy atom. The van der Waals surface area contributed by atoms with E-state index < -0.39 is 12.1 Å². The number of nitrogens with zero attached hydrogens (tertiary/aromatic N) is 2. The highest BCUT2D eigenvalue weighted by molar-refractivity contribution is 5.93. The van der Waals surface area contributed by atoms with E-state index >= 15 is 0 Å². The Bertz CT molecular complexity index is 371. The van der Waals surface area contributed by atoms with E-state index in [0.29, 0.717) is 19.4 Å². The molecule has 2 atom stereocenters. The molecule has 2 saturated heterocycles. The molecule has 17 heavy (non-hydrogen) atoms. The van der Waals surface area contributed by atoms with Crippen LogP contribution in [0.3, 0.4) is 0 Å². The highest BCUT2D eigenvalue weighted by atomic mass is 16.2. The van der Waals surface area contributed by atoms with Crippen LogP contribution in [0.15, 0.2) is 0 Å². The molecule has 2 heterocycles. The van der Waals surface area contributed by atoms with Crippen molar-refractivity contribution in [1.82, 2.24) is 15.3 Å². The SMILES string of the molecule is CC(=O)[C@@H]1CCCN2C(=O)NC[C@H](N)C(=O)N12. The maximum atomic E-state index is 12.1. The Morgan fingerprint density at radius 3 is 2.82 bits per heavy atom. The van der Waals surface area contributed by atoms with E-state index in [1.807, 2.05) is 0 Å². The maximum Gasteiger partial charge on any atom is 0.336 e. The van der Waals surface area contributed by atoms with Gasteiger partial charge in [-0.05, 0) is 19.8 Å². The van der Waals surface area contributed by atoms with Gasteiger partial charge in [0.15, 0.2) is 5.78 Å². The average Bonchev–Trinajstić information content (AvgIpc) is 2.42. The second-order valence-electron chi connectivity index (χ2n) is 4.37. The number of amides is 3. The number of fused-ring (bicyclic) bond motifs is 1. The third kappa shape index (κ3) is 1.97. The summed E-state index contributed by atoms with van der Waals surface area (Å²) in [7, 11) is 0. The first-order valence-corrected chi connectivity index (χ1v) is 5.66. The molecule has 0 spiro atoms. The minimum absolute atomic E-state index is 0.106. The van der Waals surface area contributed by atoms with Crippen molar-refractivity contribution in [3.8, 4) is 0 Å². The van der Waals surface area contributed by atoms with E-state index in [4.69, 9.17) is 5.73 Å². The van der Waals surface area contributed by atoms with Gasteiger partial charge in [0, 0.05) is 13.1 Å². The molecule has 0 aliphatic carbocycles. The quantitative estimate of drug-likeness (QED) is 0.604. The van der Waals surface area contributed by atoms with Crippen molar-refractivity contribution in [3.05, 3.63) is 0 Å². The largest absolute Gasteiger partial charge is 0.336 e. The minimum Gasteiger partial charge on any atom is -0.334 e. The number of nitrogens with one attached hydrogen (secondary N) is 1. The molecule has 0 aromatic rings. The molecule has 3 amide bonds. The predicted molar refractivity (Wildman–Crippen MR) is 58.6 cm³/mol. The van der Waals surface area contributed by atoms with Crippen molar-refractivity contribution < 1.29 is 14.4 Å². The molecule has 2 fully saturated rings. The predicted octanol–water partition coefficient (Wildman–Crippen LogP) is -1.17. The minimum atomic E-state index is -0.788. The van der Waals surface area contributed by atoms with E-state index in [0.717, 1.165) is 0 Å². The van der Waals surface area contributed by atoms with Crippen LogP contribution >= 0.6 is 0 Å². The zero-order valence-corrected chi connectivity index (χ0v) is 9.68. The molecular weight excluding hydrogens is 224 g/mol. The van der Waals surface area contributed by atoms with Gasteiger partial charge < -0.3 is 11.1 Å². The molecule has 2 rings (SSSR count). The summed E-state index contributed by atoms with van der Waals surface area (Å²) in [5.74, 6) is -0.492. The molecule has 7 heteroatoms. The summed E-state index contributed by atoms with van der Waals surface area (Å²) >= 11 is 0. The van der Waals surface area contributed by atoms with Gasteiger partial charge in [-0.1, -0.05) is 0 Å². The van der Waals surface area contributed by atoms with Crippen molar-refractivity contribution in [2.45, 2.75) is 31.8 Å². The van der Waals surface area contributed by atoms with Gasteiger partial charge in [-0.15, -0.1) is 0 Å². The third-order valence-corrected chi connectivity index (χ3v) is 3.12. The average molecular weight is 240 g/mol. The third-order valence-electron chi connectivity index (χ3n) is 3.12. The molecular formula is C10H16N4O3. The topological polar surface area (TPSA) is 95.7 Å². The van der Waals surface area contributed by atoms with Crippen LogP contribution in [0.2, 0.25) is 0 Å². The first kappa shape index (κ1) is 11.8. The zero-order chi connectivity index (χ0) is 12.6. The lowest BCUT2D eigenvalue weighted by Crippen LogP contribution is -2.61. The van der Waals surface area contributed by atoms with Crippen molar-refractivity contribution in [3.63, 3.8) is 0 Å². The summed E-state index contributed by atoms with van der Waals surface area (Å²) in [5, 5.41) is 5.10. The summed E-state index contributed by atoms with van der Waals surface area (Å²) in [6.07, 6.45) is 1.29. The van der Waals surface area contributed by atoms with Crippen LogP contribution in [0, 0.1) is 0 Å². The molecule has 0 aromatic carbocycles. The van der Waals surface area contributed by atoms with Crippen LogP contribution in [0.25, 0.3) is 0 Å². The van der Waals surface area contributed by atoms with Gasteiger partial charge in [-0.3, -0.25) is 9.59 Å². The molecule has 0 bridgehead atoms. The van der Waals surface area contributed by atoms with Crippen molar-refractivity contribution >= 4 is 17.7 Å². The lowest BCUT2D eigenvalue weighted by molar-refractivity contribution is -0.158. The summed E-state index contributed by atoms with van der Waals surface area (Å²) in [4.78, 5) is 35.3. The zero-order valence-electron chi connectivity index (χ0n) is 9.68. The molecule has 0 unspecified atom stereocenters. The van der Waals surface area contributed by atoms with Crippen LogP contribution in [0.1, 0.15) is 19.8 Å². The van der Waals surface area contributed by atoms with Crippen LogP contribution in [-0.2, 0) is 9.59 Å². The van der Waals surface area contributed by atoms with E-state index in [1.54, 1.807) is 0 Å². The number of urea groups is 1. The van der Waals surface area contributed by atoms with Crippen molar-refractivity contribution in [2.24, 2.45) is 5.73 Å². The maximum absolute atomic E-state index is 12.1. The summed E-state index contributed by atoms with van der Waals surface area (Å²) < 4.78 is 0. The Hall–Kier alpha value is -1.63. The highest BCUT2D eigenvalue weighted by Crippen LogP contribution is 2.21. The molecule has 94 valence electrons. The molecule has 0 radical (unpaired) electrons. The molecule has 3 N–H and O–H groups in total. The fourth-order valence-corrected chi connectivity index (χ4v) is 2.23. The second-order valence-corrected chi connectivity index (χ2v) is 4.37. The summed E-state index contributed by atoms with van der Waals surface area (Å²) in [6, 6.07) is -1.72. The number of hydrogen-bond donors (Lipinski definition) is 2. The number of ketones is 1. The van der Waals surface area contributed by atoms with Crippen LogP contribution in [-0.4, -0.2) is 52.9 Å². The molecule has 0 saturated carbocycles. The van der Waals surface area contributed by atoms with Gasteiger partial charge in [0.2, 0.25) is 0 Å². The molecule has 7 nitrogen and oxygen atoms in total. The van der Waals surface area contributed by atoms with Crippen LogP contribution in [0.5, 0.6) is 0 Å². The van der Waals surface area contributed by atoms with Crippen molar-refractivity contribution in [1.29, 1.82) is 0 Å². The second kappa shape index (κ2) is 4.33. The Kier molecular flexibility index (Phi) is 3.01. The number of Topliss-reactive ketones (excluding diaryl/α,β-unsaturated/α-hetero) is 1. The Morgan fingerprint density at radius 1 is 1.47 bits per heavy atom. The van der Waals surface area contributed by atoms with E-state index in [-0.39, 0.29) is 24.3 Å². The van der Waals surface area contributed by atoms with Gasteiger partial charge in [0.25, 0.3) is 5.91 Å². The van der Waals surface area contributed by atoms with E-state index in [2.05, 4.69) is 5.32 Å². The lowest BCUT2D eigenvalue weighted by atomic mass is 10.0. The first-order chi connectivity index (χ1) is 8.02. The first-order valence-electron chi connectivity index (χ1n) is 5.66. The fourth-order valence-electron chi connectivity index (χ4n) is 2.23. The molecule has 2 aliphatic rings. The van der Waals surface area contributed by atoms with Gasteiger partial charge >= 0.3 is 6.03 Å². The Labute approximate surface area is 98.9 Å². The van der Waals surface area contributed by atoms with Crippen LogP contribution < -0.4 is 11.1 Å². The van der Waals surface area contributed by atoms with Crippen LogP contribution in [0.4, 0.5) is 4.79 Å². The fraction of sp³-hybridized carbons (Fsp3) is 0.700. The number of hydrogen-bond acceptors (Lipinski definition) is 4. The van der Waals surface area contributed by atoms with Gasteiger partial charge in [0.05, 0.1) is 0 Å². The normalized spacial score (nSPS) is 29.5. The number of hydrazine groups is 1. The lowest BCUT2D eigenvalue weighted by Gasteiger charge is -2.41. The van der Waals surface area contributed by atoms with E-state index in [9.17, 15) is 14.4 Å². The highest BCUT2D eigenvalue weighted by Gasteiger charge is 2.41. The Balaban J connectivity index is 2.34. The summed E-state index contributed by atoms with van der Waals surface area (Å²) in [6.45, 7) is 1.97. The number of nitrogens with two attached hydrogens (primary N) is 1. The summed E-state index contributed by atoms with van der Waals surface area (Å²) in [5.41, 5.74) is 5.67. The smallest absolute Gasteiger partial charge is 0.334 e. The van der Waals surface area contributed by atoms with E-state index in [1.165, 1.54) is 16.9 Å². The standard InChI is InChI=1S/C10H16N4O3/c1-6(15)8-3-2-4-13-10(17)12-5-7(11)9(16)14(8)13/h7-8H,2-5,11H2,1H3,(H,12,17)/t7-,8-/m0/s1. The number of carbonyl (C=O) groups is 3.